The van der Waals surface area contributed by atoms with Crippen molar-refractivity contribution in [1.29, 1.82) is 0 Å². The van der Waals surface area contributed by atoms with E-state index in [2.05, 4.69) is 20.8 Å². The van der Waals surface area contributed by atoms with E-state index in [9.17, 15) is 9.59 Å². The number of esters is 1. The molecular weight excluding hydrogens is 320 g/mol. The molecule has 3 aliphatic heterocycles. The summed E-state index contributed by atoms with van der Waals surface area (Å²) in [7, 11) is 0. The molecule has 2 spiro atoms. The second-order valence-electron chi connectivity index (χ2n) is 9.34. The third kappa shape index (κ3) is 1.60. The number of ether oxygens (including phenoxy) is 3. The number of hydrogen-bond acceptors (Lipinski definition) is 5. The van der Waals surface area contributed by atoms with Crippen LogP contribution in [0.15, 0.2) is 12.3 Å². The van der Waals surface area contributed by atoms with Gasteiger partial charge in [-0.2, -0.15) is 0 Å². The van der Waals surface area contributed by atoms with Crippen molar-refractivity contribution < 1.29 is 23.8 Å². The summed E-state index contributed by atoms with van der Waals surface area (Å²) in [6.07, 6.45) is 7.31. The van der Waals surface area contributed by atoms with Crippen molar-refractivity contribution in [3.8, 4) is 0 Å². The number of rotatable bonds is 0. The maximum Gasteiger partial charge on any atom is 0.312 e. The Bertz CT molecular complexity index is 700. The molecule has 5 heteroatoms. The minimum absolute atomic E-state index is 0.0472. The van der Waals surface area contributed by atoms with Gasteiger partial charge in [-0.05, 0) is 38.2 Å². The maximum atomic E-state index is 13.0. The number of carbonyl (C=O) groups is 2. The van der Waals surface area contributed by atoms with Gasteiger partial charge in [0, 0.05) is 17.8 Å². The van der Waals surface area contributed by atoms with Gasteiger partial charge in [0.2, 0.25) is 0 Å². The van der Waals surface area contributed by atoms with E-state index >= 15 is 0 Å². The molecule has 2 saturated carbocycles. The highest BCUT2D eigenvalue weighted by Crippen LogP contribution is 2.70. The quantitative estimate of drug-likeness (QED) is 0.631. The Balaban J connectivity index is 1.65. The van der Waals surface area contributed by atoms with E-state index in [-0.39, 0.29) is 41.7 Å². The second-order valence-corrected chi connectivity index (χ2v) is 9.34. The van der Waals surface area contributed by atoms with Crippen LogP contribution in [0.5, 0.6) is 0 Å². The highest BCUT2D eigenvalue weighted by molar-refractivity contribution is 5.93. The molecule has 5 aliphatic rings. The van der Waals surface area contributed by atoms with Gasteiger partial charge in [-0.25, -0.2) is 0 Å². The number of ketones is 1. The van der Waals surface area contributed by atoms with Crippen LogP contribution in [-0.4, -0.2) is 35.7 Å². The Morgan fingerprint density at radius 2 is 2.00 bits per heavy atom. The van der Waals surface area contributed by atoms with Crippen molar-refractivity contribution in [3.63, 3.8) is 0 Å². The second kappa shape index (κ2) is 4.48. The predicted octanol–water partition coefficient (Wildman–Crippen LogP) is 2.78. The Kier molecular flexibility index (Phi) is 2.84. The standard InChI is InChI=1S/C20H26O5/c1-12-9-13-15-17(2,16(22)24-13)5-4-6-18(15,3)20(12)10-14(21)19(25-20)7-8-23-11-19/h7-8,12-13,15H,4-6,9-11H2,1-3H3/t12-,13-,15?,17+,18+,19-,20-/m1/s1. The molecule has 25 heavy (non-hydrogen) atoms. The van der Waals surface area contributed by atoms with Gasteiger partial charge in [-0.1, -0.05) is 20.3 Å². The van der Waals surface area contributed by atoms with Crippen molar-refractivity contribution in [3.05, 3.63) is 12.3 Å². The average Bonchev–Trinajstić information content (AvgIpc) is 3.19. The molecule has 0 aromatic heterocycles. The molecule has 0 radical (unpaired) electrons. The lowest BCUT2D eigenvalue weighted by atomic mass is 9.44. The molecule has 7 atom stereocenters. The minimum atomic E-state index is -0.929. The maximum absolute atomic E-state index is 13.0. The minimum Gasteiger partial charge on any atom is -0.498 e. The van der Waals surface area contributed by atoms with Crippen LogP contribution >= 0.6 is 0 Å². The summed E-state index contributed by atoms with van der Waals surface area (Å²) in [5.74, 6) is 0.335. The lowest BCUT2D eigenvalue weighted by Crippen LogP contribution is -2.65. The molecule has 5 rings (SSSR count). The smallest absolute Gasteiger partial charge is 0.312 e. The first-order valence-corrected chi connectivity index (χ1v) is 9.51. The van der Waals surface area contributed by atoms with Gasteiger partial charge in [-0.3, -0.25) is 9.59 Å². The zero-order valence-electron chi connectivity index (χ0n) is 15.2. The van der Waals surface area contributed by atoms with Gasteiger partial charge in [0.1, 0.15) is 12.7 Å². The normalized spacial score (nSPS) is 56.4. The molecule has 0 aromatic carbocycles. The van der Waals surface area contributed by atoms with Gasteiger partial charge < -0.3 is 14.2 Å². The van der Waals surface area contributed by atoms with Crippen LogP contribution in [0.3, 0.4) is 0 Å². The van der Waals surface area contributed by atoms with Gasteiger partial charge in [-0.15, -0.1) is 0 Å². The molecule has 0 amide bonds. The number of Topliss-reactive ketones (excluding diaryl/α,β-unsaturated/α-hetero) is 1. The van der Waals surface area contributed by atoms with Crippen molar-refractivity contribution in [1.82, 2.24) is 0 Å². The molecule has 5 nitrogen and oxygen atoms in total. The Labute approximate surface area is 148 Å². The van der Waals surface area contributed by atoms with Crippen LogP contribution in [0.4, 0.5) is 0 Å². The van der Waals surface area contributed by atoms with E-state index in [0.717, 1.165) is 25.7 Å². The van der Waals surface area contributed by atoms with E-state index in [0.29, 0.717) is 6.42 Å². The van der Waals surface area contributed by atoms with Crippen LogP contribution in [0.25, 0.3) is 0 Å². The van der Waals surface area contributed by atoms with E-state index in [1.807, 2.05) is 0 Å². The molecule has 1 unspecified atom stereocenters. The fraction of sp³-hybridized carbons (Fsp3) is 0.800. The number of hydrogen-bond donors (Lipinski definition) is 0. The van der Waals surface area contributed by atoms with Crippen LogP contribution in [0, 0.1) is 22.7 Å². The largest absolute Gasteiger partial charge is 0.498 e. The number of carbonyl (C=O) groups excluding carboxylic acids is 2. The average molecular weight is 346 g/mol. The highest BCUT2D eigenvalue weighted by atomic mass is 16.6. The molecule has 136 valence electrons. The fourth-order valence-corrected chi connectivity index (χ4v) is 7.00. The molecule has 0 bridgehead atoms. The summed E-state index contributed by atoms with van der Waals surface area (Å²) in [4.78, 5) is 25.7. The Hall–Kier alpha value is -1.36. The fourth-order valence-electron chi connectivity index (χ4n) is 7.00. The van der Waals surface area contributed by atoms with Gasteiger partial charge >= 0.3 is 5.97 Å². The van der Waals surface area contributed by atoms with E-state index < -0.39 is 16.6 Å². The Morgan fingerprint density at radius 3 is 2.72 bits per heavy atom. The molecule has 2 saturated heterocycles. The van der Waals surface area contributed by atoms with E-state index in [4.69, 9.17) is 14.2 Å². The van der Waals surface area contributed by atoms with Crippen molar-refractivity contribution in [2.75, 3.05) is 6.61 Å². The van der Waals surface area contributed by atoms with Crippen molar-refractivity contribution in [2.45, 2.75) is 70.2 Å². The molecule has 0 N–H and O–H groups in total. The van der Waals surface area contributed by atoms with Gasteiger partial charge in [0.15, 0.2) is 11.4 Å². The third-order valence-corrected chi connectivity index (χ3v) is 8.20. The zero-order valence-corrected chi connectivity index (χ0v) is 15.2. The molecule has 4 fully saturated rings. The van der Waals surface area contributed by atoms with E-state index in [1.54, 1.807) is 12.3 Å². The summed E-state index contributed by atoms with van der Waals surface area (Å²) in [5.41, 5.74) is -2.17. The lowest BCUT2D eigenvalue weighted by molar-refractivity contribution is -0.245. The lowest BCUT2D eigenvalue weighted by Gasteiger charge is -2.61. The SMILES string of the molecule is C[C@@H]1C[C@H]2OC(=O)[C@@]3(C)CCC[C@@](C)(C23)[C@@]12CC(=O)[C@]1(C=COC1)O2. The Morgan fingerprint density at radius 1 is 1.20 bits per heavy atom. The van der Waals surface area contributed by atoms with Crippen molar-refractivity contribution >= 4 is 11.8 Å². The van der Waals surface area contributed by atoms with Crippen LogP contribution in [0.2, 0.25) is 0 Å². The van der Waals surface area contributed by atoms with Gasteiger partial charge in [0.05, 0.1) is 17.3 Å². The molecule has 2 aliphatic carbocycles. The predicted molar refractivity (Wildman–Crippen MR) is 88.5 cm³/mol. The third-order valence-electron chi connectivity index (χ3n) is 8.20. The first kappa shape index (κ1) is 15.9. The summed E-state index contributed by atoms with van der Waals surface area (Å²) < 4.78 is 17.9. The summed E-state index contributed by atoms with van der Waals surface area (Å²) in [6.45, 7) is 6.74. The van der Waals surface area contributed by atoms with E-state index in [1.165, 1.54) is 0 Å². The topological polar surface area (TPSA) is 61.8 Å². The highest BCUT2D eigenvalue weighted by Gasteiger charge is 2.75. The first-order chi connectivity index (χ1) is 11.8. The molecule has 3 heterocycles. The summed E-state index contributed by atoms with van der Waals surface area (Å²) in [5, 5.41) is 0. The molecule has 0 aromatic rings. The zero-order chi connectivity index (χ0) is 17.7. The van der Waals surface area contributed by atoms with Gasteiger partial charge in [0.25, 0.3) is 0 Å². The van der Waals surface area contributed by atoms with Crippen LogP contribution in [0.1, 0.15) is 52.9 Å². The monoisotopic (exact) mass is 346 g/mol. The van der Waals surface area contributed by atoms with Crippen LogP contribution < -0.4 is 0 Å². The summed E-state index contributed by atoms with van der Waals surface area (Å²) >= 11 is 0. The summed E-state index contributed by atoms with van der Waals surface area (Å²) in [6, 6.07) is 0. The van der Waals surface area contributed by atoms with Crippen LogP contribution in [-0.2, 0) is 23.8 Å². The first-order valence-electron chi connectivity index (χ1n) is 9.51. The molecular formula is C20H26O5. The van der Waals surface area contributed by atoms with Crippen molar-refractivity contribution in [2.24, 2.45) is 22.7 Å². The number of fused-ring (bicyclic) bond motifs is 1.